The Kier molecular flexibility index (Phi) is 4.94. The Morgan fingerprint density at radius 1 is 1.00 bits per heavy atom. The molecule has 1 N–H and O–H groups in total. The van der Waals surface area contributed by atoms with Gasteiger partial charge in [-0.3, -0.25) is 9.79 Å². The number of ketones is 1. The summed E-state index contributed by atoms with van der Waals surface area (Å²) < 4.78 is 16.6. The summed E-state index contributed by atoms with van der Waals surface area (Å²) in [4.78, 5) is 17.5. The number of ether oxygens (including phenoxy) is 3. The monoisotopic (exact) mass is 380 g/mol. The SMILES string of the molecule is COc1ccc([C@H]2CC(=O)[C@@H]3C=Nc4ccccc4N[C@@H]3C2)c(OC)c1OC. The second-order valence-electron chi connectivity index (χ2n) is 7.10. The van der Waals surface area contributed by atoms with Crippen molar-refractivity contribution in [1.82, 2.24) is 0 Å². The van der Waals surface area contributed by atoms with Gasteiger partial charge in [0.1, 0.15) is 5.78 Å². The lowest BCUT2D eigenvalue weighted by atomic mass is 9.74. The van der Waals surface area contributed by atoms with Crippen molar-refractivity contribution < 1.29 is 19.0 Å². The van der Waals surface area contributed by atoms with Crippen molar-refractivity contribution in [2.45, 2.75) is 24.8 Å². The average molecular weight is 380 g/mol. The normalized spacial score (nSPS) is 23.1. The molecule has 4 rings (SSSR count). The van der Waals surface area contributed by atoms with Crippen molar-refractivity contribution in [1.29, 1.82) is 0 Å². The van der Waals surface area contributed by atoms with E-state index in [4.69, 9.17) is 14.2 Å². The van der Waals surface area contributed by atoms with Gasteiger partial charge in [-0.2, -0.15) is 0 Å². The second-order valence-corrected chi connectivity index (χ2v) is 7.10. The van der Waals surface area contributed by atoms with E-state index in [0.717, 1.165) is 23.4 Å². The molecule has 1 aliphatic heterocycles. The molecule has 2 aromatic rings. The zero-order chi connectivity index (χ0) is 19.7. The minimum absolute atomic E-state index is 0.0172. The van der Waals surface area contributed by atoms with Crippen LogP contribution in [0.15, 0.2) is 41.4 Å². The third-order valence-corrected chi connectivity index (χ3v) is 5.58. The Hall–Kier alpha value is -3.02. The molecule has 1 aliphatic carbocycles. The number of benzene rings is 2. The van der Waals surface area contributed by atoms with Crippen molar-refractivity contribution in [3.05, 3.63) is 42.0 Å². The number of nitrogens with zero attached hydrogens (tertiary/aromatic N) is 1. The molecule has 0 saturated heterocycles. The lowest BCUT2D eigenvalue weighted by molar-refractivity contribution is -0.123. The number of nitrogens with one attached hydrogen (secondary N) is 1. The van der Waals surface area contributed by atoms with Crippen LogP contribution in [0.2, 0.25) is 0 Å². The first-order valence-corrected chi connectivity index (χ1v) is 9.37. The smallest absolute Gasteiger partial charge is 0.203 e. The van der Waals surface area contributed by atoms with Crippen molar-refractivity contribution in [3.63, 3.8) is 0 Å². The first-order valence-electron chi connectivity index (χ1n) is 9.37. The van der Waals surface area contributed by atoms with Crippen LogP contribution >= 0.6 is 0 Å². The van der Waals surface area contributed by atoms with E-state index >= 15 is 0 Å². The van der Waals surface area contributed by atoms with E-state index in [0.29, 0.717) is 23.7 Å². The number of anilines is 1. The van der Waals surface area contributed by atoms with Crippen LogP contribution in [0, 0.1) is 5.92 Å². The standard InChI is InChI=1S/C22H24N2O4/c1-26-20-9-8-14(21(27-2)22(20)28-3)13-10-18-15(19(25)11-13)12-23-16-6-4-5-7-17(16)24-18/h4-9,12-13,15,18,24H,10-11H2,1-3H3/t13-,15-,18-/m1/s1. The molecule has 2 aliphatic rings. The number of Topliss-reactive ketones (excluding diaryl/α,β-unsaturated/α-hetero) is 1. The summed E-state index contributed by atoms with van der Waals surface area (Å²) >= 11 is 0. The van der Waals surface area contributed by atoms with Crippen LogP contribution in [-0.4, -0.2) is 39.4 Å². The quantitative estimate of drug-likeness (QED) is 0.869. The van der Waals surface area contributed by atoms with E-state index < -0.39 is 0 Å². The molecular weight excluding hydrogens is 356 g/mol. The third-order valence-electron chi connectivity index (χ3n) is 5.58. The molecule has 1 saturated carbocycles. The van der Waals surface area contributed by atoms with Gasteiger partial charge < -0.3 is 19.5 Å². The molecule has 0 amide bonds. The van der Waals surface area contributed by atoms with Gasteiger partial charge in [-0.25, -0.2) is 0 Å². The second kappa shape index (κ2) is 7.54. The number of hydrogen-bond donors (Lipinski definition) is 1. The molecular formula is C22H24N2O4. The van der Waals surface area contributed by atoms with Crippen LogP contribution in [0.5, 0.6) is 17.2 Å². The molecule has 3 atom stereocenters. The van der Waals surface area contributed by atoms with Gasteiger partial charge in [-0.05, 0) is 30.5 Å². The summed E-state index contributed by atoms with van der Waals surface area (Å²) in [5.74, 6) is 1.77. The Labute approximate surface area is 164 Å². The Morgan fingerprint density at radius 2 is 1.79 bits per heavy atom. The summed E-state index contributed by atoms with van der Waals surface area (Å²) in [7, 11) is 4.80. The minimum atomic E-state index is -0.227. The van der Waals surface area contributed by atoms with Crippen LogP contribution < -0.4 is 19.5 Å². The number of fused-ring (bicyclic) bond motifs is 2. The molecule has 0 radical (unpaired) electrons. The lowest BCUT2D eigenvalue weighted by Gasteiger charge is -2.34. The fourth-order valence-electron chi connectivity index (χ4n) is 4.23. The molecule has 1 heterocycles. The average Bonchev–Trinajstić information content (AvgIpc) is 2.91. The number of hydrogen-bond acceptors (Lipinski definition) is 6. The van der Waals surface area contributed by atoms with Gasteiger partial charge in [-0.1, -0.05) is 18.2 Å². The molecule has 1 fully saturated rings. The highest BCUT2D eigenvalue weighted by atomic mass is 16.5. The largest absolute Gasteiger partial charge is 0.493 e. The lowest BCUT2D eigenvalue weighted by Crippen LogP contribution is -2.41. The zero-order valence-corrected chi connectivity index (χ0v) is 16.3. The van der Waals surface area contributed by atoms with Crippen LogP contribution in [0.1, 0.15) is 24.3 Å². The number of para-hydroxylation sites is 2. The van der Waals surface area contributed by atoms with Crippen molar-refractivity contribution in [2.24, 2.45) is 10.9 Å². The fourth-order valence-corrected chi connectivity index (χ4v) is 4.23. The van der Waals surface area contributed by atoms with E-state index in [-0.39, 0.29) is 23.7 Å². The maximum Gasteiger partial charge on any atom is 0.203 e. The van der Waals surface area contributed by atoms with Gasteiger partial charge in [0.15, 0.2) is 11.5 Å². The number of methoxy groups -OCH3 is 3. The van der Waals surface area contributed by atoms with Crippen LogP contribution in [0.4, 0.5) is 11.4 Å². The van der Waals surface area contributed by atoms with Crippen molar-refractivity contribution >= 4 is 23.4 Å². The summed E-state index contributed by atoms with van der Waals surface area (Å²) in [6.07, 6.45) is 3.04. The maximum absolute atomic E-state index is 13.0. The van der Waals surface area contributed by atoms with E-state index in [1.54, 1.807) is 27.5 Å². The molecule has 2 aromatic carbocycles. The third kappa shape index (κ3) is 3.09. The van der Waals surface area contributed by atoms with E-state index in [9.17, 15) is 4.79 Å². The molecule has 0 aromatic heterocycles. The van der Waals surface area contributed by atoms with Crippen LogP contribution in [0.3, 0.4) is 0 Å². The number of carbonyl (C=O) groups is 1. The molecule has 6 nitrogen and oxygen atoms in total. The number of aliphatic imine (C=N–C) groups is 1. The molecule has 146 valence electrons. The highest BCUT2D eigenvalue weighted by Gasteiger charge is 2.39. The van der Waals surface area contributed by atoms with Crippen LogP contribution in [0.25, 0.3) is 0 Å². The summed E-state index contributed by atoms with van der Waals surface area (Å²) in [6.45, 7) is 0. The Balaban J connectivity index is 1.69. The predicted molar refractivity (Wildman–Crippen MR) is 109 cm³/mol. The zero-order valence-electron chi connectivity index (χ0n) is 16.3. The molecule has 6 heteroatoms. The highest BCUT2D eigenvalue weighted by molar-refractivity contribution is 5.99. The molecule has 0 spiro atoms. The Morgan fingerprint density at radius 3 is 2.54 bits per heavy atom. The summed E-state index contributed by atoms with van der Waals surface area (Å²) in [6, 6.07) is 11.7. The first-order chi connectivity index (χ1) is 13.7. The van der Waals surface area contributed by atoms with Crippen LogP contribution in [-0.2, 0) is 4.79 Å². The van der Waals surface area contributed by atoms with E-state index in [2.05, 4.69) is 10.3 Å². The maximum atomic E-state index is 13.0. The summed E-state index contributed by atoms with van der Waals surface area (Å²) in [5.41, 5.74) is 2.78. The molecule has 28 heavy (non-hydrogen) atoms. The van der Waals surface area contributed by atoms with Crippen molar-refractivity contribution in [2.75, 3.05) is 26.6 Å². The van der Waals surface area contributed by atoms with Gasteiger partial charge in [0.05, 0.1) is 38.6 Å². The molecule has 0 bridgehead atoms. The topological polar surface area (TPSA) is 69.2 Å². The van der Waals surface area contributed by atoms with Gasteiger partial charge >= 0.3 is 0 Å². The van der Waals surface area contributed by atoms with Gasteiger partial charge in [0, 0.05) is 24.2 Å². The number of carbonyl (C=O) groups excluding carboxylic acids is 1. The van der Waals surface area contributed by atoms with Crippen molar-refractivity contribution in [3.8, 4) is 17.2 Å². The van der Waals surface area contributed by atoms with E-state index in [1.165, 1.54) is 0 Å². The summed E-state index contributed by atoms with van der Waals surface area (Å²) in [5, 5.41) is 3.54. The van der Waals surface area contributed by atoms with E-state index in [1.807, 2.05) is 36.4 Å². The minimum Gasteiger partial charge on any atom is -0.493 e. The Bertz CT molecular complexity index is 925. The fraction of sp³-hybridized carbons (Fsp3) is 0.364. The highest BCUT2D eigenvalue weighted by Crippen LogP contribution is 2.47. The van der Waals surface area contributed by atoms with Gasteiger partial charge in [-0.15, -0.1) is 0 Å². The number of rotatable bonds is 4. The van der Waals surface area contributed by atoms with Gasteiger partial charge in [0.2, 0.25) is 5.75 Å². The van der Waals surface area contributed by atoms with Gasteiger partial charge in [0.25, 0.3) is 0 Å². The predicted octanol–water partition coefficient (Wildman–Crippen LogP) is 3.97. The first kappa shape index (κ1) is 18.3. The molecule has 0 unspecified atom stereocenters.